The standard InChI is InChI=1S/C6HCl2F2I/c7-2-1-3(9)5(10)6(11)4(2)8/h1H. The minimum atomic E-state index is -0.983. The molecule has 11 heavy (non-hydrogen) atoms. The highest BCUT2D eigenvalue weighted by molar-refractivity contribution is 14.1. The number of hydrogen-bond acceptors (Lipinski definition) is 0. The van der Waals surface area contributed by atoms with Gasteiger partial charge in [-0.1, -0.05) is 23.2 Å². The fraction of sp³-hybridized carbons (Fsp3) is 0. The fourth-order valence-electron chi connectivity index (χ4n) is 0.544. The average molecular weight is 309 g/mol. The van der Waals surface area contributed by atoms with Crippen LogP contribution in [0.25, 0.3) is 0 Å². The zero-order valence-electron chi connectivity index (χ0n) is 4.97. The van der Waals surface area contributed by atoms with Gasteiger partial charge >= 0.3 is 0 Å². The predicted octanol–water partition coefficient (Wildman–Crippen LogP) is 3.88. The van der Waals surface area contributed by atoms with E-state index in [0.29, 0.717) is 0 Å². The van der Waals surface area contributed by atoms with Crippen molar-refractivity contribution in [2.45, 2.75) is 0 Å². The highest BCUT2D eigenvalue weighted by Gasteiger charge is 2.13. The number of halogens is 5. The molecule has 5 heteroatoms. The van der Waals surface area contributed by atoms with Crippen LogP contribution in [-0.4, -0.2) is 0 Å². The van der Waals surface area contributed by atoms with Crippen LogP contribution in [0.3, 0.4) is 0 Å². The molecule has 0 radical (unpaired) electrons. The van der Waals surface area contributed by atoms with Gasteiger partial charge in [-0.2, -0.15) is 0 Å². The van der Waals surface area contributed by atoms with Crippen LogP contribution in [-0.2, 0) is 0 Å². The van der Waals surface area contributed by atoms with Gasteiger partial charge in [-0.25, -0.2) is 8.78 Å². The molecule has 0 aliphatic heterocycles. The first-order valence-corrected chi connectivity index (χ1v) is 4.36. The first-order valence-electron chi connectivity index (χ1n) is 2.52. The van der Waals surface area contributed by atoms with Crippen molar-refractivity contribution in [1.29, 1.82) is 0 Å². The quantitative estimate of drug-likeness (QED) is 0.388. The maximum atomic E-state index is 12.6. The smallest absolute Gasteiger partial charge is 0.173 e. The van der Waals surface area contributed by atoms with Gasteiger partial charge in [0.1, 0.15) is 0 Å². The van der Waals surface area contributed by atoms with Gasteiger partial charge in [-0.05, 0) is 28.7 Å². The summed E-state index contributed by atoms with van der Waals surface area (Å²) >= 11 is 12.5. The van der Waals surface area contributed by atoms with E-state index in [4.69, 9.17) is 23.2 Å². The van der Waals surface area contributed by atoms with Gasteiger partial charge in [0, 0.05) is 0 Å². The van der Waals surface area contributed by atoms with Crippen LogP contribution < -0.4 is 0 Å². The first-order chi connectivity index (χ1) is 5.04. The lowest BCUT2D eigenvalue weighted by Gasteiger charge is -2.00. The van der Waals surface area contributed by atoms with Crippen molar-refractivity contribution in [2.24, 2.45) is 0 Å². The van der Waals surface area contributed by atoms with Gasteiger partial charge < -0.3 is 0 Å². The Morgan fingerprint density at radius 1 is 1.27 bits per heavy atom. The van der Waals surface area contributed by atoms with Crippen LogP contribution in [0.4, 0.5) is 8.78 Å². The molecule has 0 fully saturated rings. The first kappa shape index (κ1) is 9.48. The lowest BCUT2D eigenvalue weighted by atomic mass is 10.3. The van der Waals surface area contributed by atoms with E-state index in [-0.39, 0.29) is 13.6 Å². The van der Waals surface area contributed by atoms with E-state index in [9.17, 15) is 8.78 Å². The second kappa shape index (κ2) is 3.41. The Labute approximate surface area is 85.6 Å². The van der Waals surface area contributed by atoms with Gasteiger partial charge in [-0.3, -0.25) is 0 Å². The molecule has 0 bridgehead atoms. The summed E-state index contributed by atoms with van der Waals surface area (Å²) in [6, 6.07) is 0.849. The van der Waals surface area contributed by atoms with E-state index in [2.05, 4.69) is 0 Å². The van der Waals surface area contributed by atoms with E-state index in [0.717, 1.165) is 6.07 Å². The van der Waals surface area contributed by atoms with Crippen molar-refractivity contribution in [3.63, 3.8) is 0 Å². The van der Waals surface area contributed by atoms with Gasteiger partial charge in [0.2, 0.25) is 0 Å². The monoisotopic (exact) mass is 308 g/mol. The van der Waals surface area contributed by atoms with E-state index >= 15 is 0 Å². The summed E-state index contributed by atoms with van der Waals surface area (Å²) in [5.41, 5.74) is 0. The van der Waals surface area contributed by atoms with Crippen LogP contribution in [0.1, 0.15) is 0 Å². The Hall–Kier alpha value is 0.390. The van der Waals surface area contributed by atoms with Gasteiger partial charge in [0.25, 0.3) is 0 Å². The topological polar surface area (TPSA) is 0 Å². The Balaban J connectivity index is 3.46. The number of hydrogen-bond donors (Lipinski definition) is 0. The Kier molecular flexibility index (Phi) is 2.94. The molecule has 1 aromatic rings. The van der Waals surface area contributed by atoms with Crippen LogP contribution >= 0.6 is 45.8 Å². The Bertz CT molecular complexity index is 275. The molecule has 0 N–H and O–H groups in total. The SMILES string of the molecule is Fc1cc(Cl)c(Cl)c(I)c1F. The molecule has 1 rings (SSSR count). The second-order valence-corrected chi connectivity index (χ2v) is 3.65. The molecule has 0 aliphatic rings. The van der Waals surface area contributed by atoms with Crippen molar-refractivity contribution in [3.8, 4) is 0 Å². The summed E-state index contributed by atoms with van der Waals surface area (Å²) in [4.78, 5) is 0. The largest absolute Gasteiger partial charge is 0.204 e. The molecule has 0 aliphatic carbocycles. The zero-order valence-corrected chi connectivity index (χ0v) is 8.64. The van der Waals surface area contributed by atoms with Gasteiger partial charge in [-0.15, -0.1) is 0 Å². The molecule has 60 valence electrons. The summed E-state index contributed by atoms with van der Waals surface area (Å²) < 4.78 is 25.2. The third kappa shape index (κ3) is 1.76. The summed E-state index contributed by atoms with van der Waals surface area (Å²) in [6.07, 6.45) is 0. The number of benzene rings is 1. The summed E-state index contributed by atoms with van der Waals surface area (Å²) in [6.45, 7) is 0. The summed E-state index contributed by atoms with van der Waals surface area (Å²) in [5, 5.41) is 0.0705. The van der Waals surface area contributed by atoms with Crippen molar-refractivity contribution >= 4 is 45.8 Å². The molecule has 0 spiro atoms. The Morgan fingerprint density at radius 2 is 1.82 bits per heavy atom. The third-order valence-corrected chi connectivity index (χ3v) is 3.18. The van der Waals surface area contributed by atoms with Crippen LogP contribution in [0.5, 0.6) is 0 Å². The van der Waals surface area contributed by atoms with Crippen molar-refractivity contribution in [1.82, 2.24) is 0 Å². The van der Waals surface area contributed by atoms with Crippen LogP contribution in [0.2, 0.25) is 10.0 Å². The summed E-state index contributed by atoms with van der Waals surface area (Å²) in [7, 11) is 0. The maximum absolute atomic E-state index is 12.6. The summed E-state index contributed by atoms with van der Waals surface area (Å²) in [5.74, 6) is -1.94. The van der Waals surface area contributed by atoms with E-state index in [1.165, 1.54) is 0 Å². The fourth-order valence-corrected chi connectivity index (χ4v) is 1.58. The van der Waals surface area contributed by atoms with Gasteiger partial charge in [0.05, 0.1) is 13.6 Å². The molecule has 0 nitrogen and oxygen atoms in total. The zero-order chi connectivity index (χ0) is 8.59. The van der Waals surface area contributed by atoms with E-state index in [1.54, 1.807) is 22.6 Å². The molecule has 1 aromatic carbocycles. The molecule has 0 saturated heterocycles. The average Bonchev–Trinajstić information content (AvgIpc) is 1.97. The minimum absolute atomic E-state index is 0.00858. The van der Waals surface area contributed by atoms with Gasteiger partial charge in [0.15, 0.2) is 11.6 Å². The second-order valence-electron chi connectivity index (χ2n) is 1.78. The maximum Gasteiger partial charge on any atom is 0.173 e. The predicted molar refractivity (Wildman–Crippen MR) is 49.1 cm³/mol. The Morgan fingerprint density at radius 3 is 2.36 bits per heavy atom. The lowest BCUT2D eigenvalue weighted by Crippen LogP contribution is -1.89. The van der Waals surface area contributed by atoms with E-state index in [1.807, 2.05) is 0 Å². The van der Waals surface area contributed by atoms with Crippen LogP contribution in [0, 0.1) is 15.2 Å². The van der Waals surface area contributed by atoms with Crippen molar-refractivity contribution in [3.05, 3.63) is 31.3 Å². The molecular weight excluding hydrogens is 308 g/mol. The number of rotatable bonds is 0. The molecule has 0 aromatic heterocycles. The highest BCUT2D eigenvalue weighted by atomic mass is 127. The highest BCUT2D eigenvalue weighted by Crippen LogP contribution is 2.30. The normalized spacial score (nSPS) is 10.3. The van der Waals surface area contributed by atoms with Crippen molar-refractivity contribution in [2.75, 3.05) is 0 Å². The third-order valence-electron chi connectivity index (χ3n) is 1.06. The molecule has 0 heterocycles. The minimum Gasteiger partial charge on any atom is -0.204 e. The van der Waals surface area contributed by atoms with Crippen molar-refractivity contribution < 1.29 is 8.78 Å². The molecule has 0 unspecified atom stereocenters. The molecular formula is C6HCl2F2I. The van der Waals surface area contributed by atoms with Crippen LogP contribution in [0.15, 0.2) is 6.07 Å². The molecule has 0 saturated carbocycles. The lowest BCUT2D eigenvalue weighted by molar-refractivity contribution is 0.504. The van der Waals surface area contributed by atoms with E-state index < -0.39 is 11.6 Å². The molecule has 0 atom stereocenters. The molecule has 0 amide bonds.